The molecule has 3 aromatic carbocycles. The lowest BCUT2D eigenvalue weighted by Gasteiger charge is -2.12. The number of aryl methyl sites for hydroxylation is 2. The van der Waals surface area contributed by atoms with Crippen LogP contribution in [0.3, 0.4) is 0 Å². The third-order valence-corrected chi connectivity index (χ3v) is 6.11. The van der Waals surface area contributed by atoms with Gasteiger partial charge in [-0.25, -0.2) is 8.42 Å². The lowest BCUT2D eigenvalue weighted by atomic mass is 10.1. The molecule has 0 spiro atoms. The summed E-state index contributed by atoms with van der Waals surface area (Å²) in [5.41, 5.74) is 8.53. The Kier molecular flexibility index (Phi) is 7.34. The van der Waals surface area contributed by atoms with Gasteiger partial charge in [0.2, 0.25) is 5.91 Å². The van der Waals surface area contributed by atoms with Crippen LogP contribution in [0.4, 0.5) is 11.4 Å². The standard InChI is InChI=1S/C24H25N3O5S/c1-16-3-7-20(8-4-16)27-33(30,31)21-11-12-22(17(2)13-21)32-15-24(29)26-19-9-5-18(6-10-19)14-23(25)28/h3-13,27H,14-15H2,1-2H3,(H2,25,28)(H,26,29). The Morgan fingerprint density at radius 3 is 2.15 bits per heavy atom. The van der Waals surface area contributed by atoms with Crippen LogP contribution in [0.1, 0.15) is 16.7 Å². The maximum Gasteiger partial charge on any atom is 0.262 e. The number of carbonyl (C=O) groups excluding carboxylic acids is 2. The minimum Gasteiger partial charge on any atom is -0.483 e. The zero-order valence-electron chi connectivity index (χ0n) is 18.3. The predicted octanol–water partition coefficient (Wildman–Crippen LogP) is 3.15. The first-order chi connectivity index (χ1) is 15.6. The number of benzene rings is 3. The molecular weight excluding hydrogens is 442 g/mol. The largest absolute Gasteiger partial charge is 0.483 e. The van der Waals surface area contributed by atoms with E-state index in [1.54, 1.807) is 43.3 Å². The minimum absolute atomic E-state index is 0.0911. The van der Waals surface area contributed by atoms with Crippen molar-refractivity contribution in [1.29, 1.82) is 0 Å². The van der Waals surface area contributed by atoms with E-state index in [9.17, 15) is 18.0 Å². The first-order valence-corrected chi connectivity index (χ1v) is 11.6. The summed E-state index contributed by atoms with van der Waals surface area (Å²) in [5.74, 6) is -0.411. The van der Waals surface area contributed by atoms with Gasteiger partial charge in [0.05, 0.1) is 11.3 Å². The molecule has 3 rings (SSSR count). The van der Waals surface area contributed by atoms with Crippen LogP contribution in [0.2, 0.25) is 0 Å². The number of primary amides is 1. The number of carbonyl (C=O) groups is 2. The van der Waals surface area contributed by atoms with E-state index in [1.807, 2.05) is 19.1 Å². The molecule has 0 bridgehead atoms. The van der Waals surface area contributed by atoms with Gasteiger partial charge in [-0.15, -0.1) is 0 Å². The molecule has 0 saturated carbocycles. The van der Waals surface area contributed by atoms with Gasteiger partial charge in [-0.3, -0.25) is 14.3 Å². The molecule has 0 unspecified atom stereocenters. The molecule has 4 N–H and O–H groups in total. The molecule has 2 amide bonds. The molecule has 0 saturated heterocycles. The monoisotopic (exact) mass is 467 g/mol. The van der Waals surface area contributed by atoms with Crippen molar-refractivity contribution in [3.63, 3.8) is 0 Å². The van der Waals surface area contributed by atoms with E-state index < -0.39 is 15.9 Å². The van der Waals surface area contributed by atoms with Gasteiger partial charge in [0.25, 0.3) is 15.9 Å². The van der Waals surface area contributed by atoms with Crippen LogP contribution in [0.5, 0.6) is 5.75 Å². The number of sulfonamides is 1. The molecule has 9 heteroatoms. The van der Waals surface area contributed by atoms with E-state index >= 15 is 0 Å². The molecule has 0 heterocycles. The van der Waals surface area contributed by atoms with Crippen LogP contribution in [0.25, 0.3) is 0 Å². The second-order valence-corrected chi connectivity index (χ2v) is 9.26. The Labute approximate surface area is 192 Å². The van der Waals surface area contributed by atoms with Gasteiger partial charge in [-0.1, -0.05) is 29.8 Å². The van der Waals surface area contributed by atoms with Crippen molar-refractivity contribution in [2.45, 2.75) is 25.2 Å². The average molecular weight is 468 g/mol. The molecule has 0 aliphatic heterocycles. The molecule has 0 aromatic heterocycles. The summed E-state index contributed by atoms with van der Waals surface area (Å²) in [6.45, 7) is 3.37. The fraction of sp³-hybridized carbons (Fsp3) is 0.167. The fourth-order valence-electron chi connectivity index (χ4n) is 3.03. The van der Waals surface area contributed by atoms with Gasteiger partial charge in [0.15, 0.2) is 6.61 Å². The SMILES string of the molecule is Cc1ccc(NS(=O)(=O)c2ccc(OCC(=O)Nc3ccc(CC(N)=O)cc3)c(C)c2)cc1. The molecule has 33 heavy (non-hydrogen) atoms. The molecule has 8 nitrogen and oxygen atoms in total. The normalized spacial score (nSPS) is 11.0. The van der Waals surface area contributed by atoms with Gasteiger partial charge < -0.3 is 15.8 Å². The van der Waals surface area contributed by atoms with Crippen molar-refractivity contribution < 1.29 is 22.7 Å². The van der Waals surface area contributed by atoms with Crippen LogP contribution in [-0.4, -0.2) is 26.8 Å². The second-order valence-electron chi connectivity index (χ2n) is 7.58. The maximum atomic E-state index is 12.7. The van der Waals surface area contributed by atoms with E-state index in [4.69, 9.17) is 10.5 Å². The van der Waals surface area contributed by atoms with E-state index in [0.29, 0.717) is 22.7 Å². The molecule has 0 fully saturated rings. The fourth-order valence-corrected chi connectivity index (χ4v) is 4.18. The molecular formula is C24H25N3O5S. The highest BCUT2D eigenvalue weighted by Crippen LogP contribution is 2.24. The summed E-state index contributed by atoms with van der Waals surface area (Å²) >= 11 is 0. The summed E-state index contributed by atoms with van der Waals surface area (Å²) in [7, 11) is -3.76. The first-order valence-electron chi connectivity index (χ1n) is 10.1. The predicted molar refractivity (Wildman–Crippen MR) is 127 cm³/mol. The summed E-state index contributed by atoms with van der Waals surface area (Å²) in [6, 6.07) is 18.2. The lowest BCUT2D eigenvalue weighted by molar-refractivity contribution is -0.118. The van der Waals surface area contributed by atoms with E-state index in [2.05, 4.69) is 10.0 Å². The van der Waals surface area contributed by atoms with Crippen molar-refractivity contribution in [1.82, 2.24) is 0 Å². The Balaban J connectivity index is 1.59. The summed E-state index contributed by atoms with van der Waals surface area (Å²) in [4.78, 5) is 23.2. The highest BCUT2D eigenvalue weighted by molar-refractivity contribution is 7.92. The van der Waals surface area contributed by atoms with Crippen molar-refractivity contribution in [3.05, 3.63) is 83.4 Å². The Morgan fingerprint density at radius 2 is 1.55 bits per heavy atom. The van der Waals surface area contributed by atoms with Crippen LogP contribution in [0.15, 0.2) is 71.6 Å². The minimum atomic E-state index is -3.76. The van der Waals surface area contributed by atoms with Gasteiger partial charge in [-0.2, -0.15) is 0 Å². The molecule has 172 valence electrons. The molecule has 0 aliphatic carbocycles. The first kappa shape index (κ1) is 23.8. The number of hydrogen-bond donors (Lipinski definition) is 3. The van der Waals surface area contributed by atoms with E-state index in [1.165, 1.54) is 18.2 Å². The highest BCUT2D eigenvalue weighted by Gasteiger charge is 2.16. The van der Waals surface area contributed by atoms with E-state index in [-0.39, 0.29) is 23.8 Å². The Hall–Kier alpha value is -3.85. The number of nitrogens with two attached hydrogens (primary N) is 1. The second kappa shape index (κ2) is 10.2. The third-order valence-electron chi connectivity index (χ3n) is 4.74. The highest BCUT2D eigenvalue weighted by atomic mass is 32.2. The zero-order chi connectivity index (χ0) is 24.0. The number of nitrogens with one attached hydrogen (secondary N) is 2. The smallest absolute Gasteiger partial charge is 0.262 e. The summed E-state index contributed by atoms with van der Waals surface area (Å²) < 4.78 is 33.4. The number of amides is 2. The van der Waals surface area contributed by atoms with Crippen molar-refractivity contribution in [3.8, 4) is 5.75 Å². The quantitative estimate of drug-likeness (QED) is 0.445. The van der Waals surface area contributed by atoms with Crippen molar-refractivity contribution in [2.75, 3.05) is 16.6 Å². The Morgan fingerprint density at radius 1 is 0.909 bits per heavy atom. The van der Waals surface area contributed by atoms with Crippen LogP contribution >= 0.6 is 0 Å². The lowest BCUT2D eigenvalue weighted by Crippen LogP contribution is -2.20. The number of ether oxygens (including phenoxy) is 1. The van der Waals surface area contributed by atoms with Gasteiger partial charge in [-0.05, 0) is 67.4 Å². The van der Waals surface area contributed by atoms with Crippen molar-refractivity contribution in [2.24, 2.45) is 5.73 Å². The average Bonchev–Trinajstić information content (AvgIpc) is 2.75. The van der Waals surface area contributed by atoms with Gasteiger partial charge >= 0.3 is 0 Å². The molecule has 0 atom stereocenters. The molecule has 0 radical (unpaired) electrons. The summed E-state index contributed by atoms with van der Waals surface area (Å²) in [6.07, 6.45) is 0.128. The number of hydrogen-bond acceptors (Lipinski definition) is 5. The number of anilines is 2. The van der Waals surface area contributed by atoms with Crippen LogP contribution < -0.4 is 20.5 Å². The van der Waals surface area contributed by atoms with Crippen LogP contribution in [0, 0.1) is 13.8 Å². The molecule has 3 aromatic rings. The third kappa shape index (κ3) is 6.81. The van der Waals surface area contributed by atoms with Gasteiger partial charge in [0, 0.05) is 11.4 Å². The van der Waals surface area contributed by atoms with Gasteiger partial charge in [0.1, 0.15) is 5.75 Å². The maximum absolute atomic E-state index is 12.7. The summed E-state index contributed by atoms with van der Waals surface area (Å²) in [5, 5.41) is 2.69. The van der Waals surface area contributed by atoms with Crippen LogP contribution in [-0.2, 0) is 26.0 Å². The number of rotatable bonds is 9. The topological polar surface area (TPSA) is 128 Å². The van der Waals surface area contributed by atoms with Crippen molar-refractivity contribution >= 4 is 33.2 Å². The zero-order valence-corrected chi connectivity index (χ0v) is 19.1. The van der Waals surface area contributed by atoms with E-state index in [0.717, 1.165) is 11.1 Å². The Bertz CT molecular complexity index is 1250. The molecule has 0 aliphatic rings.